The molecule has 9 heteroatoms. The monoisotopic (exact) mass is 468 g/mol. The van der Waals surface area contributed by atoms with Crippen LogP contribution in [-0.4, -0.2) is 32.3 Å². The fourth-order valence-corrected chi connectivity index (χ4v) is 5.08. The Bertz CT molecular complexity index is 1340. The third-order valence-corrected chi connectivity index (χ3v) is 7.28. The molecule has 5 rings (SSSR count). The van der Waals surface area contributed by atoms with Gasteiger partial charge in [0.05, 0.1) is 17.3 Å². The number of rotatable bonds is 5. The summed E-state index contributed by atoms with van der Waals surface area (Å²) in [6.07, 6.45) is 7.43. The van der Waals surface area contributed by atoms with Gasteiger partial charge in [-0.2, -0.15) is 0 Å². The quantitative estimate of drug-likeness (QED) is 0.580. The van der Waals surface area contributed by atoms with E-state index in [0.29, 0.717) is 31.4 Å². The minimum atomic E-state index is -0.624. The molecule has 1 N–H and O–H groups in total. The summed E-state index contributed by atoms with van der Waals surface area (Å²) in [5.74, 6) is -0.364. The molecule has 2 saturated carbocycles. The standard InChI is InChI=1S/C24H25FN4O3S/c1-33-19-4-2-3-18(12-19)28-21-20(11-15(25)13-26-21)23(31)29(24(28)32)17-9-7-16(8-10-17)27-22(30)14-5-6-14/h2-4,11-14,16-17H,5-10H2,1H3,(H,27,30)/t16-,17+. The number of halogens is 1. The maximum atomic E-state index is 14.0. The first-order chi connectivity index (χ1) is 16.0. The van der Waals surface area contributed by atoms with Crippen molar-refractivity contribution < 1.29 is 9.18 Å². The molecule has 2 fully saturated rings. The molecule has 1 aromatic carbocycles. The highest BCUT2D eigenvalue weighted by atomic mass is 32.2. The van der Waals surface area contributed by atoms with Crippen molar-refractivity contribution >= 4 is 28.7 Å². The molecule has 0 radical (unpaired) electrons. The van der Waals surface area contributed by atoms with Gasteiger partial charge in [0.15, 0.2) is 5.65 Å². The van der Waals surface area contributed by atoms with Gasteiger partial charge in [-0.15, -0.1) is 11.8 Å². The first-order valence-electron chi connectivity index (χ1n) is 11.2. The van der Waals surface area contributed by atoms with Crippen LogP contribution in [-0.2, 0) is 4.79 Å². The molecule has 0 spiro atoms. The number of benzene rings is 1. The molecule has 0 saturated heterocycles. The number of amides is 1. The summed E-state index contributed by atoms with van der Waals surface area (Å²) >= 11 is 1.54. The maximum Gasteiger partial charge on any atom is 0.337 e. The predicted octanol–water partition coefficient (Wildman–Crippen LogP) is 3.42. The Balaban J connectivity index is 1.56. The maximum absolute atomic E-state index is 14.0. The molecule has 7 nitrogen and oxygen atoms in total. The number of fused-ring (bicyclic) bond motifs is 1. The largest absolute Gasteiger partial charge is 0.353 e. The molecule has 1 amide bonds. The van der Waals surface area contributed by atoms with Crippen molar-refractivity contribution in [1.82, 2.24) is 19.4 Å². The molecule has 3 aromatic rings. The first-order valence-corrected chi connectivity index (χ1v) is 12.5. The third-order valence-electron chi connectivity index (χ3n) is 6.56. The Morgan fingerprint density at radius 2 is 1.88 bits per heavy atom. The number of pyridine rings is 1. The fraction of sp³-hybridized carbons (Fsp3) is 0.417. The Hall–Kier alpha value is -2.94. The van der Waals surface area contributed by atoms with Gasteiger partial charge < -0.3 is 5.32 Å². The average Bonchev–Trinajstić information content (AvgIpc) is 3.67. The zero-order chi connectivity index (χ0) is 23.1. The lowest BCUT2D eigenvalue weighted by Crippen LogP contribution is -2.45. The lowest BCUT2D eigenvalue weighted by atomic mass is 9.90. The first kappa shape index (κ1) is 21.9. The molecule has 33 heavy (non-hydrogen) atoms. The molecule has 0 atom stereocenters. The second kappa shape index (κ2) is 8.78. The SMILES string of the molecule is CSc1cccc(-n2c(=O)n([C@H]3CC[C@@H](NC(=O)C4CC4)CC3)c(=O)c3cc(F)cnc32)c1. The number of nitrogens with one attached hydrogen (secondary N) is 1. The van der Waals surface area contributed by atoms with E-state index in [0.717, 1.165) is 30.0 Å². The van der Waals surface area contributed by atoms with E-state index in [1.54, 1.807) is 6.07 Å². The van der Waals surface area contributed by atoms with Crippen LogP contribution in [0.2, 0.25) is 0 Å². The Labute approximate surface area is 194 Å². The minimum absolute atomic E-state index is 0.0603. The van der Waals surface area contributed by atoms with Crippen molar-refractivity contribution in [3.63, 3.8) is 0 Å². The lowest BCUT2D eigenvalue weighted by molar-refractivity contribution is -0.123. The molecule has 2 aromatic heterocycles. The summed E-state index contributed by atoms with van der Waals surface area (Å²) in [5, 5.41) is 3.17. The summed E-state index contributed by atoms with van der Waals surface area (Å²) in [4.78, 5) is 44.2. The van der Waals surface area contributed by atoms with Crippen LogP contribution in [0.15, 0.2) is 51.0 Å². The molecule has 172 valence electrons. The third kappa shape index (κ3) is 4.21. The van der Waals surface area contributed by atoms with Gasteiger partial charge in [0.1, 0.15) is 5.82 Å². The summed E-state index contributed by atoms with van der Waals surface area (Å²) in [6, 6.07) is 8.30. The molecular weight excluding hydrogens is 443 g/mol. The molecule has 2 aliphatic carbocycles. The van der Waals surface area contributed by atoms with Gasteiger partial charge in [0.2, 0.25) is 5.91 Å². The van der Waals surface area contributed by atoms with Gasteiger partial charge in [-0.05, 0) is 69.0 Å². The van der Waals surface area contributed by atoms with Gasteiger partial charge in [-0.3, -0.25) is 14.2 Å². The minimum Gasteiger partial charge on any atom is -0.353 e. The fourth-order valence-electron chi connectivity index (χ4n) is 4.63. The van der Waals surface area contributed by atoms with Crippen molar-refractivity contribution in [2.75, 3.05) is 6.26 Å². The van der Waals surface area contributed by atoms with Crippen LogP contribution in [0.3, 0.4) is 0 Å². The van der Waals surface area contributed by atoms with Crippen LogP contribution in [0.4, 0.5) is 4.39 Å². The van der Waals surface area contributed by atoms with E-state index < -0.39 is 17.1 Å². The van der Waals surface area contributed by atoms with Crippen LogP contribution in [0.25, 0.3) is 16.7 Å². The zero-order valence-electron chi connectivity index (χ0n) is 18.3. The molecule has 2 heterocycles. The van der Waals surface area contributed by atoms with E-state index in [9.17, 15) is 18.8 Å². The van der Waals surface area contributed by atoms with Crippen molar-refractivity contribution in [3.8, 4) is 5.69 Å². The van der Waals surface area contributed by atoms with Crippen LogP contribution in [0.5, 0.6) is 0 Å². The van der Waals surface area contributed by atoms with Crippen molar-refractivity contribution in [1.29, 1.82) is 0 Å². The lowest BCUT2D eigenvalue weighted by Gasteiger charge is -2.30. The molecular formula is C24H25FN4O3S. The van der Waals surface area contributed by atoms with Gasteiger partial charge in [0, 0.05) is 22.9 Å². The van der Waals surface area contributed by atoms with Crippen LogP contribution in [0, 0.1) is 11.7 Å². The highest BCUT2D eigenvalue weighted by Gasteiger charge is 2.33. The number of hydrogen-bond acceptors (Lipinski definition) is 5. The van der Waals surface area contributed by atoms with Crippen molar-refractivity contribution in [3.05, 3.63) is 63.2 Å². The number of thioether (sulfide) groups is 1. The predicted molar refractivity (Wildman–Crippen MR) is 125 cm³/mol. The van der Waals surface area contributed by atoms with E-state index in [-0.39, 0.29) is 34.9 Å². The second-order valence-corrected chi connectivity index (χ2v) is 9.69. The normalized spacial score (nSPS) is 20.7. The number of nitrogens with zero attached hydrogens (tertiary/aromatic N) is 3. The molecule has 0 unspecified atom stereocenters. The molecule has 0 aliphatic heterocycles. The number of hydrogen-bond donors (Lipinski definition) is 1. The smallest absolute Gasteiger partial charge is 0.337 e. The molecule has 2 aliphatic rings. The van der Waals surface area contributed by atoms with Gasteiger partial charge in [0.25, 0.3) is 5.56 Å². The van der Waals surface area contributed by atoms with E-state index in [1.165, 1.54) is 20.9 Å². The highest BCUT2D eigenvalue weighted by Crippen LogP contribution is 2.31. The van der Waals surface area contributed by atoms with E-state index in [2.05, 4.69) is 10.3 Å². The number of aromatic nitrogens is 3. The van der Waals surface area contributed by atoms with Crippen molar-refractivity contribution in [2.45, 2.75) is 55.5 Å². The van der Waals surface area contributed by atoms with Crippen LogP contribution < -0.4 is 16.6 Å². The average molecular weight is 469 g/mol. The van der Waals surface area contributed by atoms with Crippen LogP contribution in [0.1, 0.15) is 44.6 Å². The molecule has 0 bridgehead atoms. The highest BCUT2D eigenvalue weighted by molar-refractivity contribution is 7.98. The second-order valence-electron chi connectivity index (χ2n) is 8.81. The summed E-state index contributed by atoms with van der Waals surface area (Å²) in [7, 11) is 0. The topological polar surface area (TPSA) is 86.0 Å². The Kier molecular flexibility index (Phi) is 5.82. The summed E-state index contributed by atoms with van der Waals surface area (Å²) < 4.78 is 16.7. The van der Waals surface area contributed by atoms with Gasteiger partial charge >= 0.3 is 5.69 Å². The van der Waals surface area contributed by atoms with Gasteiger partial charge in [-0.25, -0.2) is 18.7 Å². The van der Waals surface area contributed by atoms with E-state index >= 15 is 0 Å². The Morgan fingerprint density at radius 3 is 2.58 bits per heavy atom. The zero-order valence-corrected chi connectivity index (χ0v) is 19.1. The van der Waals surface area contributed by atoms with E-state index in [4.69, 9.17) is 0 Å². The van der Waals surface area contributed by atoms with Gasteiger partial charge in [-0.1, -0.05) is 6.07 Å². The Morgan fingerprint density at radius 1 is 1.12 bits per heavy atom. The number of carbonyl (C=O) groups excluding carboxylic acids is 1. The van der Waals surface area contributed by atoms with Crippen LogP contribution >= 0.6 is 11.8 Å². The summed E-state index contributed by atoms with van der Waals surface area (Å²) in [6.45, 7) is 0. The van der Waals surface area contributed by atoms with Crippen molar-refractivity contribution in [2.24, 2.45) is 5.92 Å². The van der Waals surface area contributed by atoms with E-state index in [1.807, 2.05) is 24.5 Å². The number of carbonyl (C=O) groups is 1. The summed E-state index contributed by atoms with van der Waals surface area (Å²) in [5.41, 5.74) is -0.276.